The Bertz CT molecular complexity index is 534. The summed E-state index contributed by atoms with van der Waals surface area (Å²) in [6, 6.07) is 13.6. The van der Waals surface area contributed by atoms with E-state index in [1.807, 2.05) is 23.5 Å². The fraction of sp³-hybridized carbons (Fsp3) is 0.444. The van der Waals surface area contributed by atoms with Gasteiger partial charge in [-0.3, -0.25) is 0 Å². The minimum absolute atomic E-state index is 1.22. The molecule has 0 spiro atoms. The third-order valence-electron chi connectivity index (χ3n) is 3.33. The Labute approximate surface area is 131 Å². The first-order valence-electron chi connectivity index (χ1n) is 7.63. The van der Waals surface area contributed by atoms with Crippen LogP contribution in [0.25, 0.3) is 10.8 Å². The van der Waals surface area contributed by atoms with E-state index in [9.17, 15) is 0 Å². The molecule has 2 aromatic rings. The maximum atomic E-state index is 2.35. The van der Waals surface area contributed by atoms with Gasteiger partial charge in [-0.25, -0.2) is 0 Å². The fourth-order valence-electron chi connectivity index (χ4n) is 2.11. The first-order valence-corrected chi connectivity index (χ1v) is 9.60. The summed E-state index contributed by atoms with van der Waals surface area (Å²) in [6.07, 6.45) is 5.15. The second-order valence-electron chi connectivity index (χ2n) is 5.04. The molecule has 2 rings (SSSR count). The van der Waals surface area contributed by atoms with E-state index in [2.05, 4.69) is 50.2 Å². The highest BCUT2D eigenvalue weighted by Crippen LogP contribution is 2.31. The van der Waals surface area contributed by atoms with Crippen molar-refractivity contribution in [2.24, 2.45) is 0 Å². The normalized spacial score (nSPS) is 11.1. The molecule has 2 aromatic carbocycles. The summed E-state index contributed by atoms with van der Waals surface area (Å²) in [5.74, 6) is 2.45. The van der Waals surface area contributed by atoms with Gasteiger partial charge in [0.1, 0.15) is 0 Å². The van der Waals surface area contributed by atoms with Crippen molar-refractivity contribution in [3.63, 3.8) is 0 Å². The van der Waals surface area contributed by atoms with Gasteiger partial charge in [-0.15, -0.1) is 23.5 Å². The predicted octanol–water partition coefficient (Wildman–Crippen LogP) is 6.62. The van der Waals surface area contributed by atoms with Crippen LogP contribution in [0.2, 0.25) is 0 Å². The van der Waals surface area contributed by atoms with Crippen LogP contribution in [-0.4, -0.2) is 11.5 Å². The van der Waals surface area contributed by atoms with E-state index in [0.717, 1.165) is 0 Å². The smallest absolute Gasteiger partial charge is 0.0150 e. The van der Waals surface area contributed by atoms with Gasteiger partial charge in [-0.05, 0) is 53.3 Å². The number of thioether (sulfide) groups is 2. The SMILES string of the molecule is CCCCSc1ccc2c(SCCCC)cccc2c1. The largest absolute Gasteiger partial charge is 0.126 e. The van der Waals surface area contributed by atoms with Crippen molar-refractivity contribution in [2.45, 2.75) is 49.3 Å². The monoisotopic (exact) mass is 304 g/mol. The van der Waals surface area contributed by atoms with E-state index in [-0.39, 0.29) is 0 Å². The number of unbranched alkanes of at least 4 members (excludes halogenated alkanes) is 2. The summed E-state index contributed by atoms with van der Waals surface area (Å²) in [5, 5.41) is 2.79. The average Bonchev–Trinajstić information content (AvgIpc) is 2.48. The molecule has 0 amide bonds. The molecule has 0 aliphatic carbocycles. The average molecular weight is 305 g/mol. The molecule has 0 nitrogen and oxygen atoms in total. The van der Waals surface area contributed by atoms with Crippen molar-refractivity contribution in [3.05, 3.63) is 36.4 Å². The summed E-state index contributed by atoms with van der Waals surface area (Å²) < 4.78 is 0. The zero-order chi connectivity index (χ0) is 14.2. The number of rotatable bonds is 8. The molecular weight excluding hydrogens is 280 g/mol. The zero-order valence-corrected chi connectivity index (χ0v) is 14.2. The fourth-order valence-corrected chi connectivity index (χ4v) is 4.32. The number of hydrogen-bond acceptors (Lipinski definition) is 2. The highest BCUT2D eigenvalue weighted by molar-refractivity contribution is 7.99. The Morgan fingerprint density at radius 3 is 2.35 bits per heavy atom. The van der Waals surface area contributed by atoms with Crippen LogP contribution in [0, 0.1) is 0 Å². The second kappa shape index (κ2) is 8.63. The third-order valence-corrected chi connectivity index (χ3v) is 5.57. The molecule has 0 fully saturated rings. The second-order valence-corrected chi connectivity index (χ2v) is 7.35. The van der Waals surface area contributed by atoms with Crippen molar-refractivity contribution < 1.29 is 0 Å². The van der Waals surface area contributed by atoms with Crippen LogP contribution in [0.3, 0.4) is 0 Å². The lowest BCUT2D eigenvalue weighted by Gasteiger charge is -2.08. The highest BCUT2D eigenvalue weighted by Gasteiger charge is 2.03. The van der Waals surface area contributed by atoms with Gasteiger partial charge in [0.05, 0.1) is 0 Å². The maximum absolute atomic E-state index is 2.35. The highest BCUT2D eigenvalue weighted by atomic mass is 32.2. The van der Waals surface area contributed by atoms with Gasteiger partial charge < -0.3 is 0 Å². The topological polar surface area (TPSA) is 0 Å². The van der Waals surface area contributed by atoms with Gasteiger partial charge in [-0.1, -0.05) is 44.9 Å². The minimum atomic E-state index is 1.22. The zero-order valence-electron chi connectivity index (χ0n) is 12.5. The van der Waals surface area contributed by atoms with Crippen molar-refractivity contribution in [1.82, 2.24) is 0 Å². The Balaban J connectivity index is 2.13. The number of hydrogen-bond donors (Lipinski definition) is 0. The van der Waals surface area contributed by atoms with Crippen LogP contribution in [0.1, 0.15) is 39.5 Å². The first-order chi connectivity index (χ1) is 9.85. The van der Waals surface area contributed by atoms with Gasteiger partial charge in [0.2, 0.25) is 0 Å². The summed E-state index contributed by atoms with van der Waals surface area (Å²) >= 11 is 3.98. The van der Waals surface area contributed by atoms with E-state index < -0.39 is 0 Å². The van der Waals surface area contributed by atoms with Crippen LogP contribution >= 0.6 is 23.5 Å². The Morgan fingerprint density at radius 2 is 1.60 bits per heavy atom. The summed E-state index contributed by atoms with van der Waals surface area (Å²) in [7, 11) is 0. The summed E-state index contributed by atoms with van der Waals surface area (Å²) in [6.45, 7) is 4.50. The minimum Gasteiger partial charge on any atom is -0.126 e. The van der Waals surface area contributed by atoms with E-state index in [1.54, 1.807) is 0 Å². The molecule has 0 aromatic heterocycles. The molecule has 0 aliphatic rings. The lowest BCUT2D eigenvalue weighted by atomic mass is 10.1. The maximum Gasteiger partial charge on any atom is 0.0150 e. The molecule has 0 N–H and O–H groups in total. The quantitative estimate of drug-likeness (QED) is 0.397. The van der Waals surface area contributed by atoms with Crippen LogP contribution in [-0.2, 0) is 0 Å². The molecular formula is C18H24S2. The van der Waals surface area contributed by atoms with E-state index in [0.29, 0.717) is 0 Å². The summed E-state index contributed by atoms with van der Waals surface area (Å²) in [4.78, 5) is 2.84. The van der Waals surface area contributed by atoms with E-state index in [1.165, 1.54) is 57.8 Å². The van der Waals surface area contributed by atoms with Crippen molar-refractivity contribution in [1.29, 1.82) is 0 Å². The predicted molar refractivity (Wildman–Crippen MR) is 95.2 cm³/mol. The van der Waals surface area contributed by atoms with Gasteiger partial charge in [-0.2, -0.15) is 0 Å². The Kier molecular flexibility index (Phi) is 6.81. The lowest BCUT2D eigenvalue weighted by Crippen LogP contribution is -1.83. The van der Waals surface area contributed by atoms with E-state index in [4.69, 9.17) is 0 Å². The first kappa shape index (κ1) is 15.8. The van der Waals surface area contributed by atoms with Gasteiger partial charge in [0, 0.05) is 9.79 Å². The number of fused-ring (bicyclic) bond motifs is 1. The van der Waals surface area contributed by atoms with Crippen molar-refractivity contribution in [2.75, 3.05) is 11.5 Å². The molecule has 0 unspecified atom stereocenters. The molecule has 20 heavy (non-hydrogen) atoms. The summed E-state index contributed by atoms with van der Waals surface area (Å²) in [5.41, 5.74) is 0. The molecule has 0 radical (unpaired) electrons. The molecule has 0 saturated heterocycles. The van der Waals surface area contributed by atoms with Crippen molar-refractivity contribution in [3.8, 4) is 0 Å². The lowest BCUT2D eigenvalue weighted by molar-refractivity contribution is 0.896. The molecule has 0 bridgehead atoms. The van der Waals surface area contributed by atoms with Crippen LogP contribution in [0.15, 0.2) is 46.2 Å². The molecule has 0 aliphatic heterocycles. The Morgan fingerprint density at radius 1 is 0.850 bits per heavy atom. The Hall–Kier alpha value is -0.600. The van der Waals surface area contributed by atoms with Crippen LogP contribution in [0.5, 0.6) is 0 Å². The third kappa shape index (κ3) is 4.46. The van der Waals surface area contributed by atoms with Gasteiger partial charge >= 0.3 is 0 Å². The molecule has 108 valence electrons. The standard InChI is InChI=1S/C18H24S2/c1-3-5-12-19-16-10-11-17-15(14-16)8-7-9-18(17)20-13-6-4-2/h7-11,14H,3-6,12-13H2,1-2H3. The molecule has 0 saturated carbocycles. The van der Waals surface area contributed by atoms with E-state index >= 15 is 0 Å². The van der Waals surface area contributed by atoms with Gasteiger partial charge in [0.15, 0.2) is 0 Å². The molecule has 2 heteroatoms. The number of benzene rings is 2. The van der Waals surface area contributed by atoms with Gasteiger partial charge in [0.25, 0.3) is 0 Å². The van der Waals surface area contributed by atoms with Crippen LogP contribution < -0.4 is 0 Å². The van der Waals surface area contributed by atoms with Crippen LogP contribution in [0.4, 0.5) is 0 Å². The molecule has 0 heterocycles. The van der Waals surface area contributed by atoms with Crippen molar-refractivity contribution >= 4 is 34.3 Å². The molecule has 0 atom stereocenters.